The molecule has 1 aliphatic heterocycles. The molecule has 2 aromatic heterocycles. The zero-order valence-corrected chi connectivity index (χ0v) is 24.9. The number of hydrogen-bond donors (Lipinski definition) is 4. The number of carboxylic acids is 1. The van der Waals surface area contributed by atoms with Gasteiger partial charge in [-0.15, -0.1) is 0 Å². The predicted molar refractivity (Wildman–Crippen MR) is 161 cm³/mol. The van der Waals surface area contributed by atoms with Crippen LogP contribution in [0.2, 0.25) is 0 Å². The number of nitrogens with zero attached hydrogens (tertiary/aromatic N) is 3. The summed E-state index contributed by atoms with van der Waals surface area (Å²) in [5.41, 5.74) is 5.29. The molecule has 15 heteroatoms. The van der Waals surface area contributed by atoms with E-state index in [0.29, 0.717) is 18.0 Å². The Morgan fingerprint density at radius 1 is 0.979 bits per heavy atom. The van der Waals surface area contributed by atoms with Gasteiger partial charge in [0, 0.05) is 41.6 Å². The number of nitrogens with one attached hydrogen (secondary N) is 2. The minimum Gasteiger partial charge on any atom is -0.489 e. The summed E-state index contributed by atoms with van der Waals surface area (Å²) in [6.07, 6.45) is -3.31. The maximum Gasteiger partial charge on any atom is 0.490 e. The summed E-state index contributed by atoms with van der Waals surface area (Å²) < 4.78 is 37.7. The number of para-hydroxylation sites is 1. The van der Waals surface area contributed by atoms with Gasteiger partial charge < -0.3 is 20.1 Å². The molecule has 0 unspecified atom stereocenters. The molecule has 3 amide bonds. The number of anilines is 1. The number of fused-ring (bicyclic) bond motifs is 1. The number of piperidine rings is 1. The first-order valence-electron chi connectivity index (χ1n) is 14.2. The number of ether oxygens (including phenoxy) is 1. The van der Waals surface area contributed by atoms with Crippen molar-refractivity contribution in [2.24, 2.45) is 11.8 Å². The number of benzene rings is 2. The summed E-state index contributed by atoms with van der Waals surface area (Å²) in [5.74, 6) is -5.21. The molecule has 5 rings (SSSR count). The highest BCUT2D eigenvalue weighted by Gasteiger charge is 2.40. The molecule has 0 bridgehead atoms. The standard InChI is InChI=1S/C30H29N5O5.C2HF3O2/c1-19-16-20(23-6-2-3-7-26(23)32-19)18-40-22-11-9-21(10-12-22)33-28(36)24-13-15-35(17-25(24)29(37)34-39)30(38)27-8-4-5-14-31-27;3-2(4,5)1(6)7/h2-12,14,16,24-25,39H,13,15,17-18H2,1H3,(H,33,36)(H,34,37);(H,6,7)/t24-,25-;/m0./s1. The van der Waals surface area contributed by atoms with Gasteiger partial charge in [-0.05, 0) is 61.9 Å². The zero-order valence-electron chi connectivity index (χ0n) is 24.9. The topological polar surface area (TPSA) is 171 Å². The number of carbonyl (C=O) groups excluding carboxylic acids is 3. The van der Waals surface area contributed by atoms with E-state index in [9.17, 15) is 32.8 Å². The Bertz CT molecular complexity index is 1740. The van der Waals surface area contributed by atoms with Crippen molar-refractivity contribution in [1.29, 1.82) is 0 Å². The number of rotatable bonds is 7. The second-order valence-electron chi connectivity index (χ2n) is 10.5. The largest absolute Gasteiger partial charge is 0.490 e. The van der Waals surface area contributed by atoms with Crippen molar-refractivity contribution in [2.75, 3.05) is 18.4 Å². The molecule has 1 saturated heterocycles. The first-order valence-corrected chi connectivity index (χ1v) is 14.2. The third kappa shape index (κ3) is 9.00. The average Bonchev–Trinajstić information content (AvgIpc) is 3.07. The Hall–Kier alpha value is -5.57. The highest BCUT2D eigenvalue weighted by atomic mass is 19.4. The summed E-state index contributed by atoms with van der Waals surface area (Å²) >= 11 is 0. The van der Waals surface area contributed by atoms with Crippen LogP contribution in [0.4, 0.5) is 18.9 Å². The Morgan fingerprint density at radius 2 is 1.66 bits per heavy atom. The van der Waals surface area contributed by atoms with Gasteiger partial charge in [-0.25, -0.2) is 10.3 Å². The Balaban J connectivity index is 0.000000644. The lowest BCUT2D eigenvalue weighted by atomic mass is 9.84. The van der Waals surface area contributed by atoms with Gasteiger partial charge in [0.05, 0.1) is 17.4 Å². The number of aliphatic carboxylic acids is 1. The normalized spacial score (nSPS) is 16.0. The van der Waals surface area contributed by atoms with Gasteiger partial charge in [-0.1, -0.05) is 24.3 Å². The SMILES string of the molecule is Cc1cc(COc2ccc(NC(=O)[C@H]3CCN(C(=O)c4ccccn4)C[C@@H]3C(=O)NO)cc2)c2ccccc2n1.O=C(O)C(F)(F)F. The van der Waals surface area contributed by atoms with Gasteiger partial charge in [0.1, 0.15) is 18.1 Å². The second kappa shape index (κ2) is 15.1. The maximum atomic E-state index is 13.2. The van der Waals surface area contributed by atoms with Crippen LogP contribution in [-0.4, -0.2) is 68.1 Å². The van der Waals surface area contributed by atoms with Crippen LogP contribution in [0.3, 0.4) is 0 Å². The molecule has 2 atom stereocenters. The van der Waals surface area contributed by atoms with E-state index in [2.05, 4.69) is 15.3 Å². The fourth-order valence-electron chi connectivity index (χ4n) is 4.99. The van der Waals surface area contributed by atoms with Crippen LogP contribution in [0.25, 0.3) is 10.9 Å². The van der Waals surface area contributed by atoms with Crippen molar-refractivity contribution in [2.45, 2.75) is 26.1 Å². The number of alkyl halides is 3. The van der Waals surface area contributed by atoms with Crippen LogP contribution in [-0.2, 0) is 21.0 Å². The molecule has 0 saturated carbocycles. The third-order valence-corrected chi connectivity index (χ3v) is 7.26. The van der Waals surface area contributed by atoms with E-state index in [1.807, 2.05) is 37.3 Å². The Labute approximate surface area is 266 Å². The first-order chi connectivity index (χ1) is 22.4. The van der Waals surface area contributed by atoms with Crippen LogP contribution >= 0.6 is 0 Å². The monoisotopic (exact) mass is 653 g/mol. The number of amides is 3. The van der Waals surface area contributed by atoms with Crippen LogP contribution in [0, 0.1) is 18.8 Å². The van der Waals surface area contributed by atoms with E-state index < -0.39 is 29.9 Å². The Morgan fingerprint density at radius 3 is 2.30 bits per heavy atom. The minimum absolute atomic E-state index is 0.0180. The molecule has 4 N–H and O–H groups in total. The number of hydroxylamine groups is 1. The molecule has 3 heterocycles. The van der Waals surface area contributed by atoms with Crippen molar-refractivity contribution in [3.8, 4) is 5.75 Å². The highest BCUT2D eigenvalue weighted by Crippen LogP contribution is 2.28. The molecule has 1 aliphatic rings. The van der Waals surface area contributed by atoms with Crippen LogP contribution in [0.15, 0.2) is 79.0 Å². The molecule has 47 heavy (non-hydrogen) atoms. The number of hydrogen-bond acceptors (Lipinski definition) is 8. The van der Waals surface area contributed by atoms with Gasteiger partial charge in [0.15, 0.2) is 0 Å². The van der Waals surface area contributed by atoms with Crippen molar-refractivity contribution >= 4 is 40.3 Å². The summed E-state index contributed by atoms with van der Waals surface area (Å²) in [7, 11) is 0. The number of halogens is 3. The molecule has 246 valence electrons. The number of aromatic nitrogens is 2. The quantitative estimate of drug-likeness (QED) is 0.167. The van der Waals surface area contributed by atoms with Gasteiger partial charge in [-0.3, -0.25) is 29.6 Å². The lowest BCUT2D eigenvalue weighted by Gasteiger charge is -2.36. The van der Waals surface area contributed by atoms with Crippen LogP contribution in [0.1, 0.15) is 28.2 Å². The zero-order chi connectivity index (χ0) is 34.1. The first kappa shape index (κ1) is 34.3. The molecule has 0 spiro atoms. The molecular weight excluding hydrogens is 623 g/mol. The molecule has 1 fully saturated rings. The van der Waals surface area contributed by atoms with E-state index in [0.717, 1.165) is 22.2 Å². The summed E-state index contributed by atoms with van der Waals surface area (Å²) in [5, 5.41) is 20.3. The molecular formula is C32H30F3N5O7. The number of carboxylic acid groups (broad SMARTS) is 1. The van der Waals surface area contributed by atoms with Crippen molar-refractivity contribution in [3.63, 3.8) is 0 Å². The van der Waals surface area contributed by atoms with Gasteiger partial charge >= 0.3 is 12.1 Å². The van der Waals surface area contributed by atoms with Gasteiger partial charge in [-0.2, -0.15) is 13.2 Å². The second-order valence-corrected chi connectivity index (χ2v) is 10.5. The number of carbonyl (C=O) groups is 4. The lowest BCUT2D eigenvalue weighted by Crippen LogP contribution is -2.52. The van der Waals surface area contributed by atoms with Crippen molar-refractivity contribution in [1.82, 2.24) is 20.3 Å². The van der Waals surface area contributed by atoms with Crippen molar-refractivity contribution < 1.29 is 47.4 Å². The average molecular weight is 654 g/mol. The summed E-state index contributed by atoms with van der Waals surface area (Å²) in [6, 6.07) is 21.9. The fraction of sp³-hybridized carbons (Fsp3) is 0.250. The number of aryl methyl sites for hydroxylation is 1. The minimum atomic E-state index is -5.08. The maximum absolute atomic E-state index is 13.2. The number of likely N-dealkylation sites (tertiary alicyclic amines) is 1. The van der Waals surface area contributed by atoms with E-state index in [1.165, 1.54) is 11.1 Å². The lowest BCUT2D eigenvalue weighted by molar-refractivity contribution is -0.192. The van der Waals surface area contributed by atoms with E-state index in [-0.39, 0.29) is 37.0 Å². The number of pyridine rings is 2. The molecule has 0 aliphatic carbocycles. The van der Waals surface area contributed by atoms with Gasteiger partial charge in [0.2, 0.25) is 11.8 Å². The van der Waals surface area contributed by atoms with E-state index in [1.54, 1.807) is 47.9 Å². The highest BCUT2D eigenvalue weighted by molar-refractivity contribution is 5.97. The molecule has 12 nitrogen and oxygen atoms in total. The van der Waals surface area contributed by atoms with Crippen LogP contribution < -0.4 is 15.5 Å². The predicted octanol–water partition coefficient (Wildman–Crippen LogP) is 4.37. The fourth-order valence-corrected chi connectivity index (χ4v) is 4.99. The summed E-state index contributed by atoms with van der Waals surface area (Å²) in [6.45, 7) is 2.57. The third-order valence-electron chi connectivity index (χ3n) is 7.26. The van der Waals surface area contributed by atoms with Gasteiger partial charge in [0.25, 0.3) is 5.91 Å². The van der Waals surface area contributed by atoms with Crippen LogP contribution in [0.5, 0.6) is 5.75 Å². The van der Waals surface area contributed by atoms with E-state index in [4.69, 9.17) is 14.6 Å². The van der Waals surface area contributed by atoms with Crippen molar-refractivity contribution in [3.05, 3.63) is 95.9 Å². The molecule has 0 radical (unpaired) electrons. The smallest absolute Gasteiger partial charge is 0.489 e. The summed E-state index contributed by atoms with van der Waals surface area (Å²) in [4.78, 5) is 57.5. The Kier molecular flexibility index (Phi) is 11.1. The van der Waals surface area contributed by atoms with E-state index >= 15 is 0 Å². The molecule has 4 aromatic rings. The molecule has 2 aromatic carbocycles.